The Morgan fingerprint density at radius 3 is 2.94 bits per heavy atom. The summed E-state index contributed by atoms with van der Waals surface area (Å²) in [6.45, 7) is 6.20. The number of aromatic nitrogens is 2. The van der Waals surface area contributed by atoms with Crippen LogP contribution in [0.5, 0.6) is 0 Å². The number of nitrogens with zero attached hydrogens (tertiary/aromatic N) is 2. The van der Waals surface area contributed by atoms with Gasteiger partial charge in [-0.2, -0.15) is 4.98 Å². The monoisotopic (exact) mass is 252 g/mol. The standard InChI is InChI=1S/C12H20N4O2/c1-12(2,8-5-4-6-14-7-8)11-15-9(16-18-11)10(17)13-3/h8,14H,4-7H2,1-3H3,(H,13,17). The molecule has 0 aromatic carbocycles. The van der Waals surface area contributed by atoms with E-state index in [9.17, 15) is 4.79 Å². The van der Waals surface area contributed by atoms with Crippen LogP contribution in [0, 0.1) is 5.92 Å². The molecule has 1 aliphatic rings. The smallest absolute Gasteiger partial charge is 0.292 e. The highest BCUT2D eigenvalue weighted by molar-refractivity contribution is 5.89. The molecule has 2 heterocycles. The Morgan fingerprint density at radius 2 is 2.33 bits per heavy atom. The summed E-state index contributed by atoms with van der Waals surface area (Å²) in [5.74, 6) is 0.769. The van der Waals surface area contributed by atoms with E-state index in [0.717, 1.165) is 25.9 Å². The Bertz CT molecular complexity index is 421. The van der Waals surface area contributed by atoms with Crippen molar-refractivity contribution >= 4 is 5.91 Å². The number of amides is 1. The minimum Gasteiger partial charge on any atom is -0.352 e. The number of piperidine rings is 1. The maximum atomic E-state index is 11.4. The fourth-order valence-corrected chi connectivity index (χ4v) is 2.33. The molecule has 2 N–H and O–H groups in total. The molecule has 1 unspecified atom stereocenters. The first-order valence-electron chi connectivity index (χ1n) is 6.32. The molecule has 0 bridgehead atoms. The van der Waals surface area contributed by atoms with Gasteiger partial charge in [0, 0.05) is 12.5 Å². The molecule has 1 atom stereocenters. The summed E-state index contributed by atoms with van der Waals surface area (Å²) in [4.78, 5) is 15.6. The van der Waals surface area contributed by atoms with E-state index in [2.05, 4.69) is 34.6 Å². The van der Waals surface area contributed by atoms with Gasteiger partial charge in [0.15, 0.2) is 0 Å². The second-order valence-electron chi connectivity index (χ2n) is 5.27. The van der Waals surface area contributed by atoms with Gasteiger partial charge in [-0.15, -0.1) is 0 Å². The average molecular weight is 252 g/mol. The molecule has 18 heavy (non-hydrogen) atoms. The molecule has 0 aliphatic carbocycles. The second-order valence-corrected chi connectivity index (χ2v) is 5.27. The molecule has 0 spiro atoms. The summed E-state index contributed by atoms with van der Waals surface area (Å²) in [7, 11) is 1.55. The third-order valence-corrected chi connectivity index (χ3v) is 3.72. The van der Waals surface area contributed by atoms with Crippen LogP contribution in [-0.4, -0.2) is 36.2 Å². The van der Waals surface area contributed by atoms with Crippen LogP contribution in [0.2, 0.25) is 0 Å². The normalized spacial score (nSPS) is 20.7. The van der Waals surface area contributed by atoms with Gasteiger partial charge in [-0.1, -0.05) is 19.0 Å². The van der Waals surface area contributed by atoms with Gasteiger partial charge in [-0.05, 0) is 31.8 Å². The van der Waals surface area contributed by atoms with Crippen molar-refractivity contribution in [2.24, 2.45) is 5.92 Å². The quantitative estimate of drug-likeness (QED) is 0.828. The molecule has 1 aromatic rings. The predicted octanol–water partition coefficient (Wildman–Crippen LogP) is 0.706. The fraction of sp³-hybridized carbons (Fsp3) is 0.750. The molecule has 100 valence electrons. The van der Waals surface area contributed by atoms with Crippen LogP contribution < -0.4 is 10.6 Å². The van der Waals surface area contributed by atoms with Crippen LogP contribution in [0.4, 0.5) is 0 Å². The van der Waals surface area contributed by atoms with Crippen LogP contribution in [0.25, 0.3) is 0 Å². The topological polar surface area (TPSA) is 80.0 Å². The van der Waals surface area contributed by atoms with Gasteiger partial charge in [0.25, 0.3) is 11.7 Å². The van der Waals surface area contributed by atoms with Crippen molar-refractivity contribution in [1.29, 1.82) is 0 Å². The number of carbonyl (C=O) groups excluding carboxylic acids is 1. The average Bonchev–Trinajstić information content (AvgIpc) is 2.89. The molecule has 1 fully saturated rings. The SMILES string of the molecule is CNC(=O)c1noc(C(C)(C)C2CCCNC2)n1. The largest absolute Gasteiger partial charge is 0.352 e. The summed E-state index contributed by atoms with van der Waals surface area (Å²) in [6, 6.07) is 0. The van der Waals surface area contributed by atoms with Crippen molar-refractivity contribution in [2.75, 3.05) is 20.1 Å². The van der Waals surface area contributed by atoms with Gasteiger partial charge in [0.2, 0.25) is 5.89 Å². The minimum absolute atomic E-state index is 0.101. The second kappa shape index (κ2) is 5.06. The Balaban J connectivity index is 2.18. The molecule has 1 aromatic heterocycles. The van der Waals surface area contributed by atoms with Crippen molar-refractivity contribution in [1.82, 2.24) is 20.8 Å². The summed E-state index contributed by atoms with van der Waals surface area (Å²) in [5, 5.41) is 9.60. The first-order valence-corrected chi connectivity index (χ1v) is 6.32. The van der Waals surface area contributed by atoms with E-state index in [1.807, 2.05) is 0 Å². The number of carbonyl (C=O) groups is 1. The first kappa shape index (κ1) is 13.0. The number of hydrogen-bond acceptors (Lipinski definition) is 5. The summed E-state index contributed by atoms with van der Waals surface area (Å²) in [5.41, 5.74) is -0.216. The predicted molar refractivity (Wildman–Crippen MR) is 66.3 cm³/mol. The van der Waals surface area contributed by atoms with Gasteiger partial charge in [0.05, 0.1) is 0 Å². The number of nitrogens with one attached hydrogen (secondary N) is 2. The molecule has 1 aliphatic heterocycles. The molecule has 0 radical (unpaired) electrons. The van der Waals surface area contributed by atoms with Gasteiger partial charge in [0.1, 0.15) is 0 Å². The van der Waals surface area contributed by atoms with Crippen LogP contribution >= 0.6 is 0 Å². The molecule has 6 heteroatoms. The third-order valence-electron chi connectivity index (χ3n) is 3.72. The Hall–Kier alpha value is -1.43. The number of hydrogen-bond donors (Lipinski definition) is 2. The molecule has 2 rings (SSSR count). The highest BCUT2D eigenvalue weighted by atomic mass is 16.5. The van der Waals surface area contributed by atoms with E-state index in [1.165, 1.54) is 0 Å². The molecular formula is C12H20N4O2. The van der Waals surface area contributed by atoms with Gasteiger partial charge in [-0.25, -0.2) is 0 Å². The van der Waals surface area contributed by atoms with Crippen LogP contribution in [0.1, 0.15) is 43.2 Å². The van der Waals surface area contributed by atoms with Crippen LogP contribution in [0.3, 0.4) is 0 Å². The van der Waals surface area contributed by atoms with Crippen molar-refractivity contribution in [3.8, 4) is 0 Å². The van der Waals surface area contributed by atoms with Gasteiger partial charge in [-0.3, -0.25) is 4.79 Å². The highest BCUT2D eigenvalue weighted by Gasteiger charge is 2.37. The van der Waals surface area contributed by atoms with Crippen LogP contribution in [-0.2, 0) is 5.41 Å². The van der Waals surface area contributed by atoms with Crippen molar-refractivity contribution < 1.29 is 9.32 Å². The van der Waals surface area contributed by atoms with E-state index in [1.54, 1.807) is 7.05 Å². The zero-order valence-electron chi connectivity index (χ0n) is 11.1. The van der Waals surface area contributed by atoms with E-state index in [0.29, 0.717) is 11.8 Å². The Kier molecular flexibility index (Phi) is 3.65. The van der Waals surface area contributed by atoms with E-state index < -0.39 is 0 Å². The molecule has 1 saturated heterocycles. The Morgan fingerprint density at radius 1 is 1.56 bits per heavy atom. The third kappa shape index (κ3) is 2.38. The minimum atomic E-state index is -0.317. The summed E-state index contributed by atoms with van der Waals surface area (Å²) in [6.07, 6.45) is 2.29. The van der Waals surface area contributed by atoms with Gasteiger partial charge < -0.3 is 15.2 Å². The first-order chi connectivity index (χ1) is 8.55. The van der Waals surface area contributed by atoms with E-state index in [-0.39, 0.29) is 17.1 Å². The fourth-order valence-electron chi connectivity index (χ4n) is 2.33. The zero-order chi connectivity index (χ0) is 13.2. The van der Waals surface area contributed by atoms with Crippen LogP contribution in [0.15, 0.2) is 4.52 Å². The van der Waals surface area contributed by atoms with Crippen molar-refractivity contribution in [3.63, 3.8) is 0 Å². The van der Waals surface area contributed by atoms with E-state index in [4.69, 9.17) is 4.52 Å². The lowest BCUT2D eigenvalue weighted by Crippen LogP contribution is -2.41. The van der Waals surface area contributed by atoms with E-state index >= 15 is 0 Å². The Labute approximate surface area is 107 Å². The maximum absolute atomic E-state index is 11.4. The van der Waals surface area contributed by atoms with Crippen molar-refractivity contribution in [3.05, 3.63) is 11.7 Å². The summed E-state index contributed by atoms with van der Waals surface area (Å²) < 4.78 is 5.26. The molecule has 1 amide bonds. The van der Waals surface area contributed by atoms with Crippen molar-refractivity contribution in [2.45, 2.75) is 32.1 Å². The summed E-state index contributed by atoms with van der Waals surface area (Å²) >= 11 is 0. The lowest BCUT2D eigenvalue weighted by atomic mass is 9.75. The number of rotatable bonds is 3. The van der Waals surface area contributed by atoms with Gasteiger partial charge >= 0.3 is 0 Å². The zero-order valence-corrected chi connectivity index (χ0v) is 11.1. The lowest BCUT2D eigenvalue weighted by Gasteiger charge is -2.34. The molecule has 0 saturated carbocycles. The molecular weight excluding hydrogens is 232 g/mol. The maximum Gasteiger partial charge on any atom is 0.292 e. The lowest BCUT2D eigenvalue weighted by molar-refractivity contribution is 0.0949. The highest BCUT2D eigenvalue weighted by Crippen LogP contribution is 2.34. The molecule has 6 nitrogen and oxygen atoms in total.